The Morgan fingerprint density at radius 2 is 1.35 bits per heavy atom. The van der Waals surface area contributed by atoms with Crippen molar-refractivity contribution < 1.29 is 0 Å². The second kappa shape index (κ2) is 13.3. The molecule has 0 saturated heterocycles. The zero-order chi connectivity index (χ0) is 37.1. The van der Waals surface area contributed by atoms with Crippen LogP contribution in [0.15, 0.2) is 163 Å². The third-order valence-corrected chi connectivity index (χ3v) is 12.3. The van der Waals surface area contributed by atoms with Crippen molar-refractivity contribution in [2.45, 2.75) is 45.4 Å². The van der Waals surface area contributed by atoms with Gasteiger partial charge in [0.15, 0.2) is 0 Å². The van der Waals surface area contributed by atoms with Crippen LogP contribution in [0.3, 0.4) is 0 Å². The predicted octanol–water partition coefficient (Wildman–Crippen LogP) is 14.9. The van der Waals surface area contributed by atoms with Gasteiger partial charge in [0.2, 0.25) is 0 Å². The maximum atomic E-state index is 2.48. The molecule has 0 aromatic heterocycles. The molecular formula is C54H45N. The molecule has 0 N–H and O–H groups in total. The molecule has 0 saturated carbocycles. The van der Waals surface area contributed by atoms with Gasteiger partial charge in [-0.15, -0.1) is 0 Å². The van der Waals surface area contributed by atoms with Crippen LogP contribution >= 0.6 is 0 Å². The molecule has 0 aliphatic heterocycles. The average molecular weight is 708 g/mol. The van der Waals surface area contributed by atoms with E-state index in [1.165, 1.54) is 82.9 Å². The second-order valence-corrected chi connectivity index (χ2v) is 16.1. The van der Waals surface area contributed by atoms with Crippen LogP contribution in [0.1, 0.15) is 67.0 Å². The highest BCUT2D eigenvalue weighted by molar-refractivity contribution is 6.14. The highest BCUT2D eigenvalue weighted by atomic mass is 15.1. The summed E-state index contributed by atoms with van der Waals surface area (Å²) in [5, 5.41) is 5.37. The van der Waals surface area contributed by atoms with Gasteiger partial charge in [-0.25, -0.2) is 0 Å². The normalized spacial score (nSPS) is 16.8. The molecule has 266 valence electrons. The van der Waals surface area contributed by atoms with Crippen LogP contribution in [0.4, 0.5) is 17.1 Å². The number of aryl methyl sites for hydroxylation is 1. The van der Waals surface area contributed by atoms with E-state index in [2.05, 4.69) is 202 Å². The molecule has 7 aromatic rings. The van der Waals surface area contributed by atoms with Crippen molar-refractivity contribution in [1.82, 2.24) is 0 Å². The molecule has 3 aliphatic rings. The van der Waals surface area contributed by atoms with Gasteiger partial charge in [-0.1, -0.05) is 166 Å². The van der Waals surface area contributed by atoms with Crippen LogP contribution in [-0.4, -0.2) is 0 Å². The molecule has 0 radical (unpaired) electrons. The maximum absolute atomic E-state index is 2.48. The average Bonchev–Trinajstić information content (AvgIpc) is 3.46. The van der Waals surface area contributed by atoms with Gasteiger partial charge in [0.05, 0.1) is 5.69 Å². The summed E-state index contributed by atoms with van der Waals surface area (Å²) >= 11 is 0. The Morgan fingerprint density at radius 1 is 0.636 bits per heavy atom. The summed E-state index contributed by atoms with van der Waals surface area (Å²) < 4.78 is 0. The van der Waals surface area contributed by atoms with Crippen LogP contribution in [0.2, 0.25) is 0 Å². The van der Waals surface area contributed by atoms with Crippen molar-refractivity contribution in [2.75, 3.05) is 4.90 Å². The lowest BCUT2D eigenvalue weighted by Crippen LogP contribution is -2.17. The van der Waals surface area contributed by atoms with Gasteiger partial charge in [0, 0.05) is 22.4 Å². The lowest BCUT2D eigenvalue weighted by molar-refractivity contribution is 0.643. The monoisotopic (exact) mass is 707 g/mol. The first kappa shape index (κ1) is 33.4. The Balaban J connectivity index is 1.07. The van der Waals surface area contributed by atoms with Gasteiger partial charge in [0.1, 0.15) is 0 Å². The third-order valence-electron chi connectivity index (χ3n) is 12.3. The Labute approximate surface area is 325 Å². The summed E-state index contributed by atoms with van der Waals surface area (Å²) in [7, 11) is 0. The molecule has 0 bridgehead atoms. The molecule has 0 spiro atoms. The van der Waals surface area contributed by atoms with E-state index in [1.807, 2.05) is 0 Å². The van der Waals surface area contributed by atoms with Gasteiger partial charge >= 0.3 is 0 Å². The number of hydrogen-bond donors (Lipinski definition) is 0. The highest BCUT2D eigenvalue weighted by Crippen LogP contribution is 2.55. The predicted molar refractivity (Wildman–Crippen MR) is 237 cm³/mol. The first-order valence-corrected chi connectivity index (χ1v) is 19.9. The van der Waals surface area contributed by atoms with Crippen LogP contribution in [0.25, 0.3) is 56.5 Å². The first-order valence-electron chi connectivity index (χ1n) is 19.9. The summed E-state index contributed by atoms with van der Waals surface area (Å²) in [6.45, 7) is 7.12. The number of nitrogens with zero attached hydrogens (tertiary/aromatic N) is 1. The fraction of sp³-hybridized carbons (Fsp3) is 0.148. The Kier molecular flexibility index (Phi) is 8.07. The number of allylic oxidation sites excluding steroid dienone is 5. The molecule has 1 atom stereocenters. The van der Waals surface area contributed by atoms with Crippen molar-refractivity contribution in [3.05, 3.63) is 197 Å². The summed E-state index contributed by atoms with van der Waals surface area (Å²) in [5.74, 6) is 0.514. The quantitative estimate of drug-likeness (QED) is 0.123. The van der Waals surface area contributed by atoms with Crippen molar-refractivity contribution in [3.63, 3.8) is 0 Å². The summed E-state index contributed by atoms with van der Waals surface area (Å²) in [5.41, 5.74) is 17.0. The van der Waals surface area contributed by atoms with E-state index >= 15 is 0 Å². The van der Waals surface area contributed by atoms with Gasteiger partial charge in [-0.3, -0.25) is 0 Å². The zero-order valence-corrected chi connectivity index (χ0v) is 31.9. The molecule has 0 fully saturated rings. The fourth-order valence-corrected chi connectivity index (χ4v) is 9.49. The number of hydrogen-bond acceptors (Lipinski definition) is 1. The van der Waals surface area contributed by atoms with E-state index in [0.29, 0.717) is 5.92 Å². The van der Waals surface area contributed by atoms with Crippen LogP contribution in [-0.2, 0) is 11.8 Å². The number of anilines is 3. The van der Waals surface area contributed by atoms with E-state index in [0.717, 1.165) is 30.6 Å². The molecule has 1 unspecified atom stereocenters. The van der Waals surface area contributed by atoms with Gasteiger partial charge in [-0.2, -0.15) is 0 Å². The number of rotatable bonds is 6. The van der Waals surface area contributed by atoms with E-state index in [-0.39, 0.29) is 5.41 Å². The van der Waals surface area contributed by atoms with E-state index < -0.39 is 0 Å². The SMILES string of the molecule is CC1C=CC2=C(C1)c1c(N(c3ccc(C=Cc4cccc5ccc6ccc7c(c6c45)CCC=C7)cc3)c3ccc(-c4ccccc4)cc3)cccc1C2(C)C. The Hall–Kier alpha value is -6.18. The van der Waals surface area contributed by atoms with Crippen molar-refractivity contribution in [3.8, 4) is 11.1 Å². The molecule has 7 aromatic carbocycles. The topological polar surface area (TPSA) is 3.24 Å². The summed E-state index contributed by atoms with van der Waals surface area (Å²) in [6, 6.07) is 51.7. The van der Waals surface area contributed by atoms with Crippen molar-refractivity contribution >= 4 is 62.4 Å². The van der Waals surface area contributed by atoms with Crippen LogP contribution in [0.5, 0.6) is 0 Å². The van der Waals surface area contributed by atoms with Gasteiger partial charge in [-0.05, 0) is 127 Å². The number of fused-ring (bicyclic) bond motifs is 7. The zero-order valence-electron chi connectivity index (χ0n) is 31.9. The minimum atomic E-state index is -0.0439. The standard InChI is InChI=1S/C54H45N/c1-36-19-34-48-47(35-36)53-49(54(48,2)3)17-10-18-50(53)55(45-32-28-39(29-33-45)38-11-5-4-6-12-38)44-30-21-37(22-31-44)20-23-41-14-9-15-42-26-27-43-25-24-40-13-7-8-16-46(40)52(43)51(41)42/h4-7,9-15,17-34,36H,8,16,35H2,1-3H3. The largest absolute Gasteiger partial charge is 0.310 e. The molecule has 1 heteroatoms. The summed E-state index contributed by atoms with van der Waals surface area (Å²) in [6.07, 6.45) is 17.2. The lowest BCUT2D eigenvalue weighted by atomic mass is 9.79. The Morgan fingerprint density at radius 3 is 2.15 bits per heavy atom. The summed E-state index contributed by atoms with van der Waals surface area (Å²) in [4.78, 5) is 2.48. The second-order valence-electron chi connectivity index (χ2n) is 16.1. The molecule has 0 amide bonds. The number of benzene rings is 7. The maximum Gasteiger partial charge on any atom is 0.0539 e. The molecule has 1 nitrogen and oxygen atoms in total. The van der Waals surface area contributed by atoms with Gasteiger partial charge < -0.3 is 4.90 Å². The third kappa shape index (κ3) is 5.69. The first-order chi connectivity index (χ1) is 26.9. The van der Waals surface area contributed by atoms with Crippen LogP contribution in [0, 0.1) is 5.92 Å². The van der Waals surface area contributed by atoms with E-state index in [1.54, 1.807) is 0 Å². The molecule has 10 rings (SSSR count). The molecule has 55 heavy (non-hydrogen) atoms. The molecule has 0 heterocycles. The van der Waals surface area contributed by atoms with E-state index in [9.17, 15) is 0 Å². The van der Waals surface area contributed by atoms with Crippen molar-refractivity contribution in [1.29, 1.82) is 0 Å². The lowest BCUT2D eigenvalue weighted by Gasteiger charge is -2.29. The van der Waals surface area contributed by atoms with Crippen LogP contribution < -0.4 is 4.90 Å². The van der Waals surface area contributed by atoms with Crippen molar-refractivity contribution in [2.24, 2.45) is 5.92 Å². The smallest absolute Gasteiger partial charge is 0.0539 e. The minimum absolute atomic E-state index is 0.0439. The highest BCUT2D eigenvalue weighted by Gasteiger charge is 2.40. The molecule has 3 aliphatic carbocycles. The molecular weight excluding hydrogens is 663 g/mol. The minimum Gasteiger partial charge on any atom is -0.310 e. The fourth-order valence-electron chi connectivity index (χ4n) is 9.49. The van der Waals surface area contributed by atoms with E-state index in [4.69, 9.17) is 0 Å². The Bertz CT molecular complexity index is 2740. The van der Waals surface area contributed by atoms with Gasteiger partial charge in [0.25, 0.3) is 0 Å².